The number of ether oxygens (including phenoxy) is 3. The number of rotatable bonds is 9. The Kier molecular flexibility index (Phi) is 7.50. The second kappa shape index (κ2) is 10.6. The summed E-state index contributed by atoms with van der Waals surface area (Å²) in [6.45, 7) is 8.19. The highest BCUT2D eigenvalue weighted by atomic mass is 16.7. The van der Waals surface area contributed by atoms with Crippen LogP contribution in [0.2, 0.25) is 0 Å². The van der Waals surface area contributed by atoms with E-state index in [2.05, 4.69) is 13.8 Å². The van der Waals surface area contributed by atoms with Crippen LogP contribution in [0.3, 0.4) is 0 Å². The van der Waals surface area contributed by atoms with Crippen LogP contribution in [0.5, 0.6) is 17.2 Å². The standard InChI is InChI=1S/C27H34N2O6/c1-5-28(13-17(2)3)24(30)15-29-14-21(19-8-11-22-23(12-19)35-16-34-22)25(27(31)32)26(29)18-6-9-20(33-4)10-7-18/h6-12,17,21,25-26H,5,13-16H2,1-4H3,(H,31,32). The maximum atomic E-state index is 13.3. The minimum Gasteiger partial charge on any atom is -0.497 e. The highest BCUT2D eigenvalue weighted by molar-refractivity contribution is 5.79. The first-order valence-corrected chi connectivity index (χ1v) is 12.1. The molecule has 188 valence electrons. The van der Waals surface area contributed by atoms with Crippen LogP contribution in [-0.2, 0) is 9.59 Å². The van der Waals surface area contributed by atoms with E-state index in [0.29, 0.717) is 42.8 Å². The fourth-order valence-electron chi connectivity index (χ4n) is 5.19. The average Bonchev–Trinajstić information content (AvgIpc) is 3.46. The van der Waals surface area contributed by atoms with Crippen LogP contribution in [-0.4, -0.2) is 66.9 Å². The van der Waals surface area contributed by atoms with E-state index in [1.807, 2.05) is 59.2 Å². The highest BCUT2D eigenvalue weighted by Crippen LogP contribution is 2.47. The van der Waals surface area contributed by atoms with Crippen molar-refractivity contribution in [1.82, 2.24) is 9.80 Å². The lowest BCUT2D eigenvalue weighted by Crippen LogP contribution is -2.42. The van der Waals surface area contributed by atoms with Gasteiger partial charge in [-0.25, -0.2) is 0 Å². The number of likely N-dealkylation sites (tertiary alicyclic amines) is 1. The van der Waals surface area contributed by atoms with Crippen molar-refractivity contribution in [2.75, 3.05) is 40.1 Å². The Balaban J connectivity index is 1.70. The number of carbonyl (C=O) groups excluding carboxylic acids is 1. The summed E-state index contributed by atoms with van der Waals surface area (Å²) in [5.41, 5.74) is 1.71. The Morgan fingerprint density at radius 3 is 2.43 bits per heavy atom. The Morgan fingerprint density at radius 2 is 1.80 bits per heavy atom. The van der Waals surface area contributed by atoms with Crippen LogP contribution in [0, 0.1) is 11.8 Å². The van der Waals surface area contributed by atoms with Crippen molar-refractivity contribution in [3.8, 4) is 17.2 Å². The maximum absolute atomic E-state index is 13.3. The number of hydrogen-bond donors (Lipinski definition) is 1. The summed E-state index contributed by atoms with van der Waals surface area (Å²) in [6, 6.07) is 12.6. The molecule has 0 aliphatic carbocycles. The molecule has 8 heteroatoms. The summed E-state index contributed by atoms with van der Waals surface area (Å²) < 4.78 is 16.3. The molecule has 2 aliphatic heterocycles. The number of amides is 1. The molecule has 1 amide bonds. The van der Waals surface area contributed by atoms with Gasteiger partial charge < -0.3 is 24.2 Å². The van der Waals surface area contributed by atoms with Crippen LogP contribution >= 0.6 is 0 Å². The van der Waals surface area contributed by atoms with E-state index < -0.39 is 17.9 Å². The first-order valence-electron chi connectivity index (χ1n) is 12.1. The quantitative estimate of drug-likeness (QED) is 0.582. The number of hydrogen-bond acceptors (Lipinski definition) is 6. The number of carbonyl (C=O) groups is 2. The lowest BCUT2D eigenvalue weighted by molar-refractivity contribution is -0.144. The molecule has 2 heterocycles. The number of nitrogens with zero attached hydrogens (tertiary/aromatic N) is 2. The number of carboxylic acids is 1. The monoisotopic (exact) mass is 482 g/mol. The Labute approximate surface area is 206 Å². The van der Waals surface area contributed by atoms with E-state index in [-0.39, 0.29) is 25.2 Å². The third-order valence-corrected chi connectivity index (χ3v) is 6.82. The predicted octanol–water partition coefficient (Wildman–Crippen LogP) is 3.77. The zero-order valence-corrected chi connectivity index (χ0v) is 20.8. The van der Waals surface area contributed by atoms with Crippen molar-refractivity contribution in [2.24, 2.45) is 11.8 Å². The van der Waals surface area contributed by atoms with Gasteiger partial charge in [-0.2, -0.15) is 0 Å². The zero-order valence-electron chi connectivity index (χ0n) is 20.8. The smallest absolute Gasteiger partial charge is 0.309 e. The van der Waals surface area contributed by atoms with Gasteiger partial charge in [0.1, 0.15) is 5.75 Å². The molecule has 0 spiro atoms. The van der Waals surface area contributed by atoms with Crippen molar-refractivity contribution in [2.45, 2.75) is 32.7 Å². The number of likely N-dealkylation sites (N-methyl/N-ethyl adjacent to an activating group) is 1. The zero-order chi connectivity index (χ0) is 25.1. The van der Waals surface area contributed by atoms with Gasteiger partial charge in [0.2, 0.25) is 12.7 Å². The van der Waals surface area contributed by atoms with Gasteiger partial charge in [-0.3, -0.25) is 14.5 Å². The first-order chi connectivity index (χ1) is 16.8. The summed E-state index contributed by atoms with van der Waals surface area (Å²) in [7, 11) is 1.60. The molecule has 0 aromatic heterocycles. The van der Waals surface area contributed by atoms with E-state index in [1.165, 1.54) is 0 Å². The molecule has 0 bridgehead atoms. The van der Waals surface area contributed by atoms with Crippen molar-refractivity contribution >= 4 is 11.9 Å². The molecule has 2 aromatic rings. The third kappa shape index (κ3) is 5.22. The third-order valence-electron chi connectivity index (χ3n) is 6.82. The summed E-state index contributed by atoms with van der Waals surface area (Å²) >= 11 is 0. The van der Waals surface area contributed by atoms with Crippen LogP contribution in [0.15, 0.2) is 42.5 Å². The number of benzene rings is 2. The average molecular weight is 483 g/mol. The molecule has 0 saturated carbocycles. The second-order valence-corrected chi connectivity index (χ2v) is 9.56. The molecule has 2 aromatic carbocycles. The molecule has 0 radical (unpaired) electrons. The highest BCUT2D eigenvalue weighted by Gasteiger charge is 2.48. The minimum atomic E-state index is -0.891. The topological polar surface area (TPSA) is 88.5 Å². The maximum Gasteiger partial charge on any atom is 0.309 e. The molecular formula is C27H34N2O6. The largest absolute Gasteiger partial charge is 0.497 e. The molecule has 35 heavy (non-hydrogen) atoms. The van der Waals surface area contributed by atoms with Gasteiger partial charge in [0.05, 0.1) is 19.6 Å². The van der Waals surface area contributed by atoms with Gasteiger partial charge >= 0.3 is 5.97 Å². The number of fused-ring (bicyclic) bond motifs is 1. The molecule has 1 saturated heterocycles. The van der Waals surface area contributed by atoms with Crippen molar-refractivity contribution in [3.05, 3.63) is 53.6 Å². The van der Waals surface area contributed by atoms with Crippen LogP contribution < -0.4 is 14.2 Å². The molecule has 1 N–H and O–H groups in total. The van der Waals surface area contributed by atoms with Crippen molar-refractivity contribution in [1.29, 1.82) is 0 Å². The molecule has 3 unspecified atom stereocenters. The van der Waals surface area contributed by atoms with E-state index in [0.717, 1.165) is 11.1 Å². The molecule has 2 aliphatic rings. The number of methoxy groups -OCH3 is 1. The molecule has 8 nitrogen and oxygen atoms in total. The van der Waals surface area contributed by atoms with Gasteiger partial charge in [-0.15, -0.1) is 0 Å². The summed E-state index contributed by atoms with van der Waals surface area (Å²) in [5, 5.41) is 10.4. The normalized spacial score (nSPS) is 21.3. The van der Waals surface area contributed by atoms with Gasteiger partial charge in [-0.05, 0) is 48.2 Å². The number of aliphatic carboxylic acids is 1. The fourth-order valence-corrected chi connectivity index (χ4v) is 5.19. The molecule has 4 rings (SSSR count). The lowest BCUT2D eigenvalue weighted by atomic mass is 9.82. The van der Waals surface area contributed by atoms with E-state index in [9.17, 15) is 14.7 Å². The molecule has 3 atom stereocenters. The lowest BCUT2D eigenvalue weighted by Gasteiger charge is -2.30. The predicted molar refractivity (Wildman–Crippen MR) is 131 cm³/mol. The Bertz CT molecular complexity index is 1050. The SMILES string of the molecule is CCN(CC(C)C)C(=O)CN1CC(c2ccc3c(c2)OCO3)C(C(=O)O)C1c1ccc(OC)cc1. The van der Waals surface area contributed by atoms with Crippen LogP contribution in [0.25, 0.3) is 0 Å². The Morgan fingerprint density at radius 1 is 1.11 bits per heavy atom. The second-order valence-electron chi connectivity index (χ2n) is 9.56. The minimum absolute atomic E-state index is 0.00943. The van der Waals surface area contributed by atoms with E-state index in [4.69, 9.17) is 14.2 Å². The van der Waals surface area contributed by atoms with Gasteiger partial charge in [-0.1, -0.05) is 32.0 Å². The van der Waals surface area contributed by atoms with E-state index >= 15 is 0 Å². The summed E-state index contributed by atoms with van der Waals surface area (Å²) in [4.78, 5) is 29.8. The van der Waals surface area contributed by atoms with Gasteiger partial charge in [0, 0.05) is 31.6 Å². The van der Waals surface area contributed by atoms with Gasteiger partial charge in [0.15, 0.2) is 11.5 Å². The Hall–Kier alpha value is -3.26. The van der Waals surface area contributed by atoms with Crippen LogP contribution in [0.4, 0.5) is 0 Å². The first kappa shape index (κ1) is 24.9. The van der Waals surface area contributed by atoms with Crippen molar-refractivity contribution in [3.63, 3.8) is 0 Å². The number of carboxylic acid groups (broad SMARTS) is 1. The van der Waals surface area contributed by atoms with E-state index in [1.54, 1.807) is 7.11 Å². The molecule has 1 fully saturated rings. The van der Waals surface area contributed by atoms with Gasteiger partial charge in [0.25, 0.3) is 0 Å². The fraction of sp³-hybridized carbons (Fsp3) is 0.481. The van der Waals surface area contributed by atoms with Crippen molar-refractivity contribution < 1.29 is 28.9 Å². The summed E-state index contributed by atoms with van der Waals surface area (Å²) in [5.74, 6) is 0.388. The summed E-state index contributed by atoms with van der Waals surface area (Å²) in [6.07, 6.45) is 0. The molecular weight excluding hydrogens is 448 g/mol. The van der Waals surface area contributed by atoms with Crippen LogP contribution in [0.1, 0.15) is 43.9 Å².